The minimum Gasteiger partial charge on any atom is -0.293 e. The maximum absolute atomic E-state index is 9.99. The van der Waals surface area contributed by atoms with Crippen molar-refractivity contribution in [1.82, 2.24) is 4.90 Å². The Bertz CT molecular complexity index is 712. The zero-order valence-electron chi connectivity index (χ0n) is 14.7. The van der Waals surface area contributed by atoms with Crippen LogP contribution in [0.2, 0.25) is 0 Å². The summed E-state index contributed by atoms with van der Waals surface area (Å²) in [7, 11) is 0. The van der Waals surface area contributed by atoms with Crippen molar-refractivity contribution < 1.29 is 0 Å². The third-order valence-corrected chi connectivity index (χ3v) is 6.20. The smallest absolute Gasteiger partial charge is 0.189 e. The van der Waals surface area contributed by atoms with Gasteiger partial charge in [0.05, 0.1) is 16.9 Å². The van der Waals surface area contributed by atoms with Crippen molar-refractivity contribution in [2.75, 3.05) is 18.0 Å². The van der Waals surface area contributed by atoms with Crippen LogP contribution in [0.5, 0.6) is 0 Å². The van der Waals surface area contributed by atoms with E-state index in [2.05, 4.69) is 56.1 Å². The van der Waals surface area contributed by atoms with E-state index in [1.54, 1.807) is 11.8 Å². The second kappa shape index (κ2) is 7.04. The summed E-state index contributed by atoms with van der Waals surface area (Å²) < 4.78 is 0. The fraction of sp³-hybridized carbons (Fsp3) is 0.450. The molecule has 0 spiro atoms. The maximum Gasteiger partial charge on any atom is 0.189 e. The van der Waals surface area contributed by atoms with Crippen LogP contribution in [0.15, 0.2) is 51.9 Å². The topological polar surface area (TPSA) is 30.3 Å². The van der Waals surface area contributed by atoms with Gasteiger partial charge in [0, 0.05) is 9.80 Å². The Labute approximate surface area is 149 Å². The van der Waals surface area contributed by atoms with Gasteiger partial charge >= 0.3 is 0 Å². The molecule has 1 aromatic carbocycles. The van der Waals surface area contributed by atoms with Crippen LogP contribution in [0.4, 0.5) is 5.69 Å². The maximum atomic E-state index is 9.99. The summed E-state index contributed by atoms with van der Waals surface area (Å²) in [6, 6.07) is 8.23. The Kier molecular flexibility index (Phi) is 5.03. The SMILES string of the molecule is CCCC1(N(CC)CC)CC=CC2=C1N(C#N)c1ccccc1S2. The van der Waals surface area contributed by atoms with Crippen LogP contribution in [0, 0.1) is 11.5 Å². The van der Waals surface area contributed by atoms with Crippen LogP contribution >= 0.6 is 11.8 Å². The number of hydrogen-bond acceptors (Lipinski definition) is 4. The number of rotatable bonds is 5. The molecule has 0 fully saturated rings. The van der Waals surface area contributed by atoms with Gasteiger partial charge in [0.15, 0.2) is 6.19 Å². The molecule has 1 atom stereocenters. The van der Waals surface area contributed by atoms with E-state index in [0.29, 0.717) is 0 Å². The molecule has 4 heteroatoms. The van der Waals surface area contributed by atoms with Gasteiger partial charge in [0.1, 0.15) is 0 Å². The molecule has 1 aliphatic carbocycles. The first-order valence-corrected chi connectivity index (χ1v) is 9.66. The number of nitrogens with zero attached hydrogens (tertiary/aromatic N) is 3. The lowest BCUT2D eigenvalue weighted by molar-refractivity contribution is 0.121. The van der Waals surface area contributed by atoms with Crippen molar-refractivity contribution in [3.05, 3.63) is 47.0 Å². The minimum absolute atomic E-state index is 0.0847. The molecular formula is C20H25N3S. The van der Waals surface area contributed by atoms with Crippen molar-refractivity contribution >= 4 is 17.4 Å². The molecule has 0 aromatic heterocycles. The number of nitriles is 1. The van der Waals surface area contributed by atoms with Crippen LogP contribution in [-0.2, 0) is 0 Å². The van der Waals surface area contributed by atoms with Gasteiger partial charge in [0.2, 0.25) is 0 Å². The highest BCUT2D eigenvalue weighted by Gasteiger charge is 2.45. The first-order valence-electron chi connectivity index (χ1n) is 8.84. The van der Waals surface area contributed by atoms with Gasteiger partial charge in [-0.3, -0.25) is 4.90 Å². The third kappa shape index (κ3) is 2.56. The molecule has 0 N–H and O–H groups in total. The van der Waals surface area contributed by atoms with E-state index in [9.17, 15) is 5.26 Å². The van der Waals surface area contributed by atoms with Crippen molar-refractivity contribution in [3.63, 3.8) is 0 Å². The standard InChI is InChI=1S/C20H25N3S/c1-4-13-20(22(5-2)6-3)14-9-12-18-19(20)23(15-21)16-10-7-8-11-17(16)24-18/h7-12H,4-6,13-14H2,1-3H3. The molecule has 3 rings (SSSR count). The summed E-state index contributed by atoms with van der Waals surface area (Å²) in [5.74, 6) is 0. The summed E-state index contributed by atoms with van der Waals surface area (Å²) in [6.45, 7) is 8.67. The molecule has 0 bridgehead atoms. The highest BCUT2D eigenvalue weighted by Crippen LogP contribution is 2.51. The number of para-hydroxylation sites is 1. The van der Waals surface area contributed by atoms with Crippen LogP contribution < -0.4 is 4.90 Å². The molecule has 1 aliphatic heterocycles. The van der Waals surface area contributed by atoms with Gasteiger partial charge in [0.25, 0.3) is 0 Å². The number of benzene rings is 1. The van der Waals surface area contributed by atoms with Crippen LogP contribution in [0.25, 0.3) is 0 Å². The molecule has 2 aliphatic rings. The van der Waals surface area contributed by atoms with Gasteiger partial charge in [-0.2, -0.15) is 5.26 Å². The van der Waals surface area contributed by atoms with E-state index in [4.69, 9.17) is 0 Å². The summed E-state index contributed by atoms with van der Waals surface area (Å²) in [4.78, 5) is 6.81. The number of fused-ring (bicyclic) bond motifs is 1. The average molecular weight is 340 g/mol. The largest absolute Gasteiger partial charge is 0.293 e. The summed E-state index contributed by atoms with van der Waals surface area (Å²) >= 11 is 1.80. The molecule has 0 amide bonds. The van der Waals surface area contributed by atoms with Crippen molar-refractivity contribution in [3.8, 4) is 6.19 Å². The molecule has 1 aromatic rings. The van der Waals surface area contributed by atoms with E-state index in [1.165, 1.54) is 10.6 Å². The first-order chi connectivity index (χ1) is 11.7. The zero-order chi connectivity index (χ0) is 17.2. The molecule has 126 valence electrons. The lowest BCUT2D eigenvalue weighted by atomic mass is 9.80. The number of likely N-dealkylation sites (N-methyl/N-ethyl adjacent to an activating group) is 1. The second-order valence-corrected chi connectivity index (χ2v) is 7.36. The van der Waals surface area contributed by atoms with E-state index in [-0.39, 0.29) is 5.54 Å². The average Bonchev–Trinajstić information content (AvgIpc) is 2.61. The van der Waals surface area contributed by atoms with E-state index in [0.717, 1.165) is 42.9 Å². The zero-order valence-corrected chi connectivity index (χ0v) is 15.6. The molecule has 0 saturated carbocycles. The Morgan fingerprint density at radius 1 is 1.25 bits per heavy atom. The van der Waals surface area contributed by atoms with Crippen molar-refractivity contribution in [1.29, 1.82) is 5.26 Å². The van der Waals surface area contributed by atoms with Gasteiger partial charge in [-0.1, -0.05) is 63.2 Å². The van der Waals surface area contributed by atoms with Gasteiger partial charge in [-0.15, -0.1) is 0 Å². The predicted octanol–water partition coefficient (Wildman–Crippen LogP) is 5.13. The molecular weight excluding hydrogens is 314 g/mol. The van der Waals surface area contributed by atoms with E-state index in [1.807, 2.05) is 17.0 Å². The van der Waals surface area contributed by atoms with E-state index >= 15 is 0 Å². The Morgan fingerprint density at radius 2 is 2.00 bits per heavy atom. The molecule has 1 unspecified atom stereocenters. The van der Waals surface area contributed by atoms with Gasteiger partial charge < -0.3 is 0 Å². The Balaban J connectivity index is 2.19. The lowest BCUT2D eigenvalue weighted by Crippen LogP contribution is -2.54. The normalized spacial score (nSPS) is 22.4. The van der Waals surface area contributed by atoms with Crippen molar-refractivity contribution in [2.45, 2.75) is 50.5 Å². The molecule has 1 heterocycles. The van der Waals surface area contributed by atoms with E-state index < -0.39 is 0 Å². The number of allylic oxidation sites excluding steroid dienone is 1. The number of anilines is 1. The monoisotopic (exact) mass is 339 g/mol. The minimum atomic E-state index is -0.0847. The summed E-state index contributed by atoms with van der Waals surface area (Å²) in [5, 5.41) is 9.99. The Morgan fingerprint density at radius 3 is 2.67 bits per heavy atom. The number of hydrogen-bond donors (Lipinski definition) is 0. The highest BCUT2D eigenvalue weighted by atomic mass is 32.2. The fourth-order valence-electron chi connectivity index (χ4n) is 4.14. The molecule has 3 nitrogen and oxygen atoms in total. The predicted molar refractivity (Wildman–Crippen MR) is 102 cm³/mol. The Hall–Kier alpha value is -1.70. The molecule has 24 heavy (non-hydrogen) atoms. The highest BCUT2D eigenvalue weighted by molar-refractivity contribution is 8.03. The summed E-state index contributed by atoms with van der Waals surface area (Å²) in [6.07, 6.45) is 10.1. The quantitative estimate of drug-likeness (QED) is 0.696. The summed E-state index contributed by atoms with van der Waals surface area (Å²) in [5.41, 5.74) is 2.12. The lowest BCUT2D eigenvalue weighted by Gasteiger charge is -2.49. The van der Waals surface area contributed by atoms with Gasteiger partial charge in [-0.25, -0.2) is 4.90 Å². The van der Waals surface area contributed by atoms with Crippen LogP contribution in [0.3, 0.4) is 0 Å². The van der Waals surface area contributed by atoms with Crippen LogP contribution in [0.1, 0.15) is 40.0 Å². The molecule has 0 radical (unpaired) electrons. The van der Waals surface area contributed by atoms with Gasteiger partial charge in [-0.05, 0) is 38.1 Å². The van der Waals surface area contributed by atoms with Crippen molar-refractivity contribution in [2.24, 2.45) is 0 Å². The fourth-order valence-corrected chi connectivity index (χ4v) is 5.33. The second-order valence-electron chi connectivity index (χ2n) is 6.28. The third-order valence-electron chi connectivity index (χ3n) is 5.08. The number of thioether (sulfide) groups is 1. The molecule has 0 saturated heterocycles. The first kappa shape index (κ1) is 17.1. The van der Waals surface area contributed by atoms with Crippen LogP contribution in [-0.4, -0.2) is 23.5 Å².